The van der Waals surface area contributed by atoms with Crippen molar-refractivity contribution < 1.29 is 50.1 Å². The Morgan fingerprint density at radius 3 is 1.97 bits per heavy atom. The molecule has 0 aromatic heterocycles. The summed E-state index contributed by atoms with van der Waals surface area (Å²) in [4.78, 5) is 15.6. The highest BCUT2D eigenvalue weighted by molar-refractivity contribution is 14.1. The molecule has 0 radical (unpaired) electrons. The molecule has 12 nitrogen and oxygen atoms in total. The van der Waals surface area contributed by atoms with E-state index in [2.05, 4.69) is 10.3 Å². The Kier molecular flexibility index (Phi) is 16.7. The number of hydrogen-bond donors (Lipinski definition) is 8. The molecule has 0 aliphatic heterocycles. The monoisotopic (exact) mass is 887 g/mol. The van der Waals surface area contributed by atoms with Crippen LogP contribution in [0.5, 0.6) is 0 Å². The van der Waals surface area contributed by atoms with Crippen LogP contribution in [0.25, 0.3) is 0 Å². The summed E-state index contributed by atoms with van der Waals surface area (Å²) in [6.07, 6.45) is -8.13. The van der Waals surface area contributed by atoms with E-state index < -0.39 is 49.6 Å². The van der Waals surface area contributed by atoms with Gasteiger partial charge in [-0.2, -0.15) is 0 Å². The maximum atomic E-state index is 12.7. The quantitative estimate of drug-likeness (QED) is 0.0495. The number of benzene rings is 1. The first-order chi connectivity index (χ1) is 16.6. The topological polar surface area (TPSA) is 206 Å². The zero-order chi connectivity index (χ0) is 28.0. The van der Waals surface area contributed by atoms with Gasteiger partial charge in [0.15, 0.2) is 0 Å². The fourth-order valence-electron chi connectivity index (χ4n) is 3.71. The van der Waals surface area contributed by atoms with E-state index in [9.17, 15) is 40.5 Å². The minimum atomic E-state index is -1.83. The van der Waals surface area contributed by atoms with E-state index in [1.165, 1.54) is 14.0 Å². The molecule has 0 bridgehead atoms. The summed E-state index contributed by atoms with van der Waals surface area (Å²) in [5.41, 5.74) is 1.27. The van der Waals surface area contributed by atoms with Crippen LogP contribution < -0.4 is 10.4 Å². The number of hydrogen-bond acceptors (Lipinski definition) is 10. The zero-order valence-electron chi connectivity index (χ0n) is 20.3. The lowest BCUT2D eigenvalue weighted by Gasteiger charge is -2.40. The fraction of sp³-hybridized carbons (Fsp3) is 0.619. The molecule has 8 N–H and O–H groups in total. The van der Waals surface area contributed by atoms with E-state index in [4.69, 9.17) is 5.11 Å². The number of carbonyl (C=O) groups excluding carboxylic acids is 1. The summed E-state index contributed by atoms with van der Waals surface area (Å²) in [7, 11) is 2.99. The number of carbonyl (C=O) groups is 1. The lowest BCUT2D eigenvalue weighted by molar-refractivity contribution is -0.928. The van der Waals surface area contributed by atoms with Crippen molar-refractivity contribution in [3.8, 4) is 0 Å². The van der Waals surface area contributed by atoms with Gasteiger partial charge < -0.3 is 55.6 Å². The summed E-state index contributed by atoms with van der Waals surface area (Å²) in [6, 6.07) is 0. The van der Waals surface area contributed by atoms with Gasteiger partial charge in [0.2, 0.25) is 5.91 Å². The Bertz CT molecular complexity index is 960. The van der Waals surface area contributed by atoms with Crippen LogP contribution in [0.4, 0.5) is 5.69 Å². The molecule has 0 spiro atoms. The van der Waals surface area contributed by atoms with Crippen molar-refractivity contribution in [2.45, 2.75) is 44.0 Å². The second-order valence-electron chi connectivity index (χ2n) is 8.66. The lowest BCUT2D eigenvalue weighted by Crippen LogP contribution is -2.57. The summed E-state index contributed by atoms with van der Waals surface area (Å²) < 4.78 is 1.47. The lowest BCUT2D eigenvalue weighted by atomic mass is 10.0. The SMILES string of the molecule is CN=C([O-])c1c(I)c(C[N+](C)(CC(O)CO)C[C@H](O)[C@@H](O)[C@H](O)[C@H](O)CO)c(I)c(NC(C)=O)c1I.Cl. The van der Waals surface area contributed by atoms with E-state index in [-0.39, 0.29) is 48.0 Å². The second kappa shape index (κ2) is 16.6. The molecule has 0 saturated heterocycles. The average molecular weight is 888 g/mol. The Balaban J connectivity index is 0.0000130. The van der Waals surface area contributed by atoms with Gasteiger partial charge in [0.25, 0.3) is 0 Å². The van der Waals surface area contributed by atoms with Gasteiger partial charge in [-0.1, -0.05) is 0 Å². The molecule has 0 fully saturated rings. The molecule has 1 amide bonds. The van der Waals surface area contributed by atoms with Gasteiger partial charge in [-0.15, -0.1) is 12.4 Å². The molecule has 1 aromatic rings. The van der Waals surface area contributed by atoms with E-state index in [0.29, 0.717) is 22.0 Å². The van der Waals surface area contributed by atoms with E-state index in [1.807, 2.05) is 67.8 Å². The van der Waals surface area contributed by atoms with E-state index in [0.717, 1.165) is 0 Å². The number of quaternary nitrogens is 1. The minimum Gasteiger partial charge on any atom is -0.858 e. The van der Waals surface area contributed by atoms with Gasteiger partial charge in [-0.25, -0.2) is 0 Å². The van der Waals surface area contributed by atoms with Gasteiger partial charge in [0, 0.05) is 35.8 Å². The van der Waals surface area contributed by atoms with Crippen LogP contribution in [-0.2, 0) is 11.3 Å². The average Bonchev–Trinajstić information content (AvgIpc) is 2.82. The van der Waals surface area contributed by atoms with Gasteiger partial charge in [-0.3, -0.25) is 4.79 Å². The molecular weight excluding hydrogens is 854 g/mol. The molecule has 16 heteroatoms. The third-order valence-corrected chi connectivity index (χ3v) is 8.94. The highest BCUT2D eigenvalue weighted by Crippen LogP contribution is 2.37. The van der Waals surface area contributed by atoms with Crippen molar-refractivity contribution in [2.24, 2.45) is 4.99 Å². The standard InChI is InChI=1S/C21H32I3N3O9.ClH/c1-9(30)26-18-16(23)11(15(22)14(17(18)24)21(36)25-2)5-27(3,4-10(31)7-28)6-12(32)19(34)20(35)13(33)8-29;/h10,12-13,19-20,28-29,31-35H,4-8H2,1-3H3,(H-,25,26,30,36);1H/t10?,12-,13+,19+,20+,27?;/m0./s1. The normalized spacial score (nSPS) is 17.7. The molecule has 6 atom stereocenters. The van der Waals surface area contributed by atoms with Gasteiger partial charge >= 0.3 is 0 Å². The number of likely N-dealkylation sites (N-methyl/N-ethyl adjacent to an activating group) is 1. The number of halogens is 4. The molecule has 1 rings (SSSR count). The predicted molar refractivity (Wildman–Crippen MR) is 162 cm³/mol. The van der Waals surface area contributed by atoms with Crippen molar-refractivity contribution in [3.05, 3.63) is 21.8 Å². The van der Waals surface area contributed by atoms with Crippen molar-refractivity contribution in [1.82, 2.24) is 0 Å². The first kappa shape index (κ1) is 37.3. The number of amides is 1. The number of rotatable bonds is 13. The first-order valence-corrected chi connectivity index (χ1v) is 13.9. The zero-order valence-corrected chi connectivity index (χ0v) is 27.6. The van der Waals surface area contributed by atoms with Crippen LogP contribution >= 0.6 is 80.2 Å². The van der Waals surface area contributed by atoms with Crippen LogP contribution in [0.1, 0.15) is 18.1 Å². The number of anilines is 1. The summed E-state index contributed by atoms with van der Waals surface area (Å²) in [6.45, 7) is -0.337. The molecule has 2 unspecified atom stereocenters. The molecular formula is C21H33ClI3N3O9. The highest BCUT2D eigenvalue weighted by Gasteiger charge is 2.38. The molecule has 1 aromatic carbocycles. The molecule has 0 saturated carbocycles. The van der Waals surface area contributed by atoms with Crippen LogP contribution in [0, 0.1) is 10.7 Å². The number of aliphatic imine (C=N–C) groups is 1. The molecule has 214 valence electrons. The Hall–Kier alpha value is 0.320. The van der Waals surface area contributed by atoms with Crippen LogP contribution in [0.2, 0.25) is 0 Å². The molecule has 0 heterocycles. The van der Waals surface area contributed by atoms with Crippen molar-refractivity contribution in [1.29, 1.82) is 0 Å². The number of nitrogens with zero attached hydrogens (tertiary/aromatic N) is 2. The largest absolute Gasteiger partial charge is 0.858 e. The van der Waals surface area contributed by atoms with Crippen molar-refractivity contribution in [2.75, 3.05) is 45.7 Å². The molecule has 37 heavy (non-hydrogen) atoms. The van der Waals surface area contributed by atoms with Crippen LogP contribution in [-0.4, -0.2) is 123 Å². The highest BCUT2D eigenvalue weighted by atomic mass is 127. The number of aliphatic hydroxyl groups excluding tert-OH is 7. The number of nitrogens with one attached hydrogen (secondary N) is 1. The van der Waals surface area contributed by atoms with Crippen LogP contribution in [0.15, 0.2) is 4.99 Å². The third kappa shape index (κ3) is 10.0. The maximum absolute atomic E-state index is 12.7. The van der Waals surface area contributed by atoms with Crippen molar-refractivity contribution in [3.63, 3.8) is 0 Å². The van der Waals surface area contributed by atoms with Crippen molar-refractivity contribution >= 4 is 97.7 Å². The Morgan fingerprint density at radius 2 is 1.51 bits per heavy atom. The first-order valence-electron chi connectivity index (χ1n) is 10.7. The summed E-state index contributed by atoms with van der Waals surface area (Å²) >= 11 is 5.99. The minimum absolute atomic E-state index is 0. The second-order valence-corrected chi connectivity index (χ2v) is 11.9. The summed E-state index contributed by atoms with van der Waals surface area (Å²) in [5, 5.41) is 84.8. The summed E-state index contributed by atoms with van der Waals surface area (Å²) in [5.74, 6) is -0.859. The number of aliphatic hydroxyl groups is 7. The van der Waals surface area contributed by atoms with E-state index >= 15 is 0 Å². The van der Waals surface area contributed by atoms with Crippen LogP contribution in [0.3, 0.4) is 0 Å². The smallest absolute Gasteiger partial charge is 0.221 e. The molecule has 0 aliphatic carbocycles. The van der Waals surface area contributed by atoms with Gasteiger partial charge in [0.1, 0.15) is 50.2 Å². The Morgan fingerprint density at radius 1 is 0.973 bits per heavy atom. The Labute approximate surface area is 262 Å². The third-order valence-electron chi connectivity index (χ3n) is 5.48. The van der Waals surface area contributed by atoms with Gasteiger partial charge in [0.05, 0.1) is 25.9 Å². The van der Waals surface area contributed by atoms with E-state index in [1.54, 1.807) is 7.05 Å². The maximum Gasteiger partial charge on any atom is 0.221 e. The predicted octanol–water partition coefficient (Wildman–Crippen LogP) is -1.65. The van der Waals surface area contributed by atoms with Gasteiger partial charge in [-0.05, 0) is 73.7 Å². The fourth-order valence-corrected chi connectivity index (χ4v) is 7.95. The molecule has 0 aliphatic rings.